The van der Waals surface area contributed by atoms with E-state index < -0.39 is 0 Å². The van der Waals surface area contributed by atoms with Gasteiger partial charge in [-0.05, 0) is 43.2 Å². The summed E-state index contributed by atoms with van der Waals surface area (Å²) >= 11 is 0. The van der Waals surface area contributed by atoms with Crippen molar-refractivity contribution in [3.05, 3.63) is 89.5 Å². The van der Waals surface area contributed by atoms with E-state index in [2.05, 4.69) is 43.4 Å². The highest BCUT2D eigenvalue weighted by Crippen LogP contribution is 2.20. The Bertz CT molecular complexity index is 831. The molecule has 3 aromatic rings. The van der Waals surface area contributed by atoms with Gasteiger partial charge in [0.15, 0.2) is 0 Å². The van der Waals surface area contributed by atoms with Crippen LogP contribution in [0.25, 0.3) is 0 Å². The van der Waals surface area contributed by atoms with Crippen molar-refractivity contribution in [3.63, 3.8) is 0 Å². The van der Waals surface area contributed by atoms with Crippen LogP contribution in [0.2, 0.25) is 0 Å². The number of ether oxygens (including phenoxy) is 2. The first-order chi connectivity index (χ1) is 12.7. The molecule has 0 fully saturated rings. The molecule has 0 atom stereocenters. The first-order valence-electron chi connectivity index (χ1n) is 8.91. The molecule has 0 amide bonds. The summed E-state index contributed by atoms with van der Waals surface area (Å²) in [5.41, 5.74) is 4.61. The molecule has 3 rings (SSSR count). The van der Waals surface area contributed by atoms with E-state index in [0.717, 1.165) is 29.3 Å². The molecule has 3 heteroatoms. The maximum atomic E-state index is 5.86. The Morgan fingerprint density at radius 1 is 0.808 bits per heavy atom. The van der Waals surface area contributed by atoms with E-state index >= 15 is 0 Å². The Labute approximate surface area is 155 Å². The first kappa shape index (κ1) is 17.9. The van der Waals surface area contributed by atoms with E-state index in [0.29, 0.717) is 13.2 Å². The molecule has 0 aliphatic carbocycles. The molecule has 3 nitrogen and oxygen atoms in total. The molecule has 0 heterocycles. The molecule has 0 bridgehead atoms. The maximum Gasteiger partial charge on any atom is 0.122 e. The van der Waals surface area contributed by atoms with Gasteiger partial charge >= 0.3 is 0 Å². The van der Waals surface area contributed by atoms with Crippen LogP contribution >= 0.6 is 0 Å². The van der Waals surface area contributed by atoms with Gasteiger partial charge in [0.2, 0.25) is 0 Å². The van der Waals surface area contributed by atoms with Crippen LogP contribution in [0.1, 0.15) is 16.7 Å². The molecular weight excluding hydrogens is 322 g/mol. The molecule has 134 valence electrons. The van der Waals surface area contributed by atoms with Crippen LogP contribution in [0, 0.1) is 13.8 Å². The number of aryl methyl sites for hydroxylation is 2. The third-order valence-corrected chi connectivity index (χ3v) is 4.10. The second-order valence-electron chi connectivity index (χ2n) is 6.35. The highest BCUT2D eigenvalue weighted by atomic mass is 16.5. The number of hydrogen-bond donors (Lipinski definition) is 1. The van der Waals surface area contributed by atoms with E-state index in [1.54, 1.807) is 0 Å². The van der Waals surface area contributed by atoms with Crippen molar-refractivity contribution in [1.29, 1.82) is 0 Å². The van der Waals surface area contributed by atoms with E-state index in [-0.39, 0.29) is 0 Å². The summed E-state index contributed by atoms with van der Waals surface area (Å²) in [6, 6.07) is 24.4. The fourth-order valence-corrected chi connectivity index (χ4v) is 2.75. The standard InChI is InChI=1S/C23H25NO2/c1-18-11-12-23(19(2)15-18)25-14-13-24-21-9-6-10-22(16-21)26-17-20-7-4-3-5-8-20/h3-12,15-16,24H,13-14,17H2,1-2H3. The van der Waals surface area contributed by atoms with Gasteiger partial charge in [0.25, 0.3) is 0 Å². The Balaban J connectivity index is 1.46. The summed E-state index contributed by atoms with van der Waals surface area (Å²) in [4.78, 5) is 0. The minimum atomic E-state index is 0.570. The normalized spacial score (nSPS) is 10.4. The minimum absolute atomic E-state index is 0.570. The Kier molecular flexibility index (Phi) is 6.15. The third-order valence-electron chi connectivity index (χ3n) is 4.10. The van der Waals surface area contributed by atoms with Crippen molar-refractivity contribution >= 4 is 5.69 Å². The molecule has 0 unspecified atom stereocenters. The lowest BCUT2D eigenvalue weighted by Gasteiger charge is -2.12. The van der Waals surface area contributed by atoms with Gasteiger partial charge in [0.1, 0.15) is 24.7 Å². The van der Waals surface area contributed by atoms with Gasteiger partial charge in [-0.1, -0.05) is 54.1 Å². The number of rotatable bonds is 8. The second-order valence-corrected chi connectivity index (χ2v) is 6.35. The van der Waals surface area contributed by atoms with Gasteiger partial charge in [-0.25, -0.2) is 0 Å². The molecule has 26 heavy (non-hydrogen) atoms. The Morgan fingerprint density at radius 2 is 1.65 bits per heavy atom. The summed E-state index contributed by atoms with van der Waals surface area (Å²) in [7, 11) is 0. The van der Waals surface area contributed by atoms with Crippen LogP contribution in [-0.2, 0) is 6.61 Å². The van der Waals surface area contributed by atoms with Crippen molar-refractivity contribution in [2.45, 2.75) is 20.5 Å². The van der Waals surface area contributed by atoms with Crippen LogP contribution in [0.5, 0.6) is 11.5 Å². The number of benzene rings is 3. The average molecular weight is 347 g/mol. The summed E-state index contributed by atoms with van der Waals surface area (Å²) in [6.45, 7) is 6.07. The lowest BCUT2D eigenvalue weighted by Crippen LogP contribution is -2.12. The van der Waals surface area contributed by atoms with E-state index in [9.17, 15) is 0 Å². The molecule has 0 aromatic heterocycles. The highest BCUT2D eigenvalue weighted by Gasteiger charge is 2.01. The molecule has 0 aliphatic heterocycles. The predicted octanol–water partition coefficient (Wildman–Crippen LogP) is 5.37. The van der Waals surface area contributed by atoms with Gasteiger partial charge in [-0.15, -0.1) is 0 Å². The van der Waals surface area contributed by atoms with Crippen LogP contribution in [0.4, 0.5) is 5.69 Å². The van der Waals surface area contributed by atoms with Gasteiger partial charge < -0.3 is 14.8 Å². The topological polar surface area (TPSA) is 30.5 Å². The highest BCUT2D eigenvalue weighted by molar-refractivity contribution is 5.48. The molecule has 1 N–H and O–H groups in total. The summed E-state index contributed by atoms with van der Waals surface area (Å²) < 4.78 is 11.7. The van der Waals surface area contributed by atoms with Crippen LogP contribution < -0.4 is 14.8 Å². The zero-order valence-corrected chi connectivity index (χ0v) is 15.4. The van der Waals surface area contributed by atoms with Gasteiger partial charge in [0.05, 0.1) is 0 Å². The molecule has 0 spiro atoms. The lowest BCUT2D eigenvalue weighted by atomic mass is 10.1. The first-order valence-corrected chi connectivity index (χ1v) is 8.91. The van der Waals surface area contributed by atoms with Crippen molar-refractivity contribution in [3.8, 4) is 11.5 Å². The average Bonchev–Trinajstić information content (AvgIpc) is 2.66. The van der Waals surface area contributed by atoms with Crippen LogP contribution in [0.3, 0.4) is 0 Å². The van der Waals surface area contributed by atoms with E-state index in [4.69, 9.17) is 9.47 Å². The van der Waals surface area contributed by atoms with Crippen molar-refractivity contribution < 1.29 is 9.47 Å². The molecule has 0 saturated heterocycles. The third kappa shape index (κ3) is 5.28. The van der Waals surface area contributed by atoms with Crippen molar-refractivity contribution in [2.75, 3.05) is 18.5 Å². The molecular formula is C23H25NO2. The summed E-state index contributed by atoms with van der Waals surface area (Å²) in [5.74, 6) is 1.80. The summed E-state index contributed by atoms with van der Waals surface area (Å²) in [6.07, 6.45) is 0. The quantitative estimate of drug-likeness (QED) is 0.555. The van der Waals surface area contributed by atoms with Crippen LogP contribution in [0.15, 0.2) is 72.8 Å². The van der Waals surface area contributed by atoms with Gasteiger partial charge in [-0.3, -0.25) is 0 Å². The van der Waals surface area contributed by atoms with Crippen LogP contribution in [-0.4, -0.2) is 13.2 Å². The maximum absolute atomic E-state index is 5.86. The van der Waals surface area contributed by atoms with Crippen molar-refractivity contribution in [2.24, 2.45) is 0 Å². The SMILES string of the molecule is Cc1ccc(OCCNc2cccc(OCc3ccccc3)c2)c(C)c1. The fraction of sp³-hybridized carbons (Fsp3) is 0.217. The second kappa shape index (κ2) is 8.95. The number of anilines is 1. The molecule has 0 radical (unpaired) electrons. The molecule has 0 aliphatic rings. The van der Waals surface area contributed by atoms with Gasteiger partial charge in [0, 0.05) is 18.3 Å². The smallest absolute Gasteiger partial charge is 0.122 e. The molecule has 0 saturated carbocycles. The minimum Gasteiger partial charge on any atom is -0.491 e. The molecule has 3 aromatic carbocycles. The fourth-order valence-electron chi connectivity index (χ4n) is 2.75. The zero-order valence-electron chi connectivity index (χ0n) is 15.4. The van der Waals surface area contributed by atoms with Crippen molar-refractivity contribution in [1.82, 2.24) is 0 Å². The zero-order chi connectivity index (χ0) is 18.2. The summed E-state index contributed by atoms with van der Waals surface area (Å²) in [5, 5.41) is 3.38. The lowest BCUT2D eigenvalue weighted by molar-refractivity contribution is 0.306. The Morgan fingerprint density at radius 3 is 2.46 bits per heavy atom. The Hall–Kier alpha value is -2.94. The van der Waals surface area contributed by atoms with Gasteiger partial charge in [-0.2, -0.15) is 0 Å². The monoisotopic (exact) mass is 347 g/mol. The van der Waals surface area contributed by atoms with E-state index in [1.807, 2.05) is 48.5 Å². The largest absolute Gasteiger partial charge is 0.491 e. The van der Waals surface area contributed by atoms with E-state index in [1.165, 1.54) is 11.1 Å². The predicted molar refractivity (Wildman–Crippen MR) is 107 cm³/mol. The number of hydrogen-bond acceptors (Lipinski definition) is 3. The number of nitrogens with one attached hydrogen (secondary N) is 1.